The molecule has 0 radical (unpaired) electrons. The Balaban J connectivity index is 1.69. The van der Waals surface area contributed by atoms with Crippen molar-refractivity contribution >= 4 is 5.91 Å². The first kappa shape index (κ1) is 12.2. The zero-order valence-electron chi connectivity index (χ0n) is 11.6. The van der Waals surface area contributed by atoms with Crippen LogP contribution < -0.4 is 0 Å². The van der Waals surface area contributed by atoms with Crippen LogP contribution in [0.4, 0.5) is 0 Å². The van der Waals surface area contributed by atoms with E-state index in [1.807, 2.05) is 0 Å². The molecule has 0 aliphatic carbocycles. The van der Waals surface area contributed by atoms with Crippen molar-refractivity contribution in [2.45, 2.75) is 57.0 Å². The minimum absolute atomic E-state index is 0.0772. The molecule has 0 saturated carbocycles. The van der Waals surface area contributed by atoms with Gasteiger partial charge in [0.15, 0.2) is 0 Å². The second kappa shape index (κ2) is 4.19. The smallest absolute Gasteiger partial charge is 0.222 e. The maximum absolute atomic E-state index is 13.1. The van der Waals surface area contributed by atoms with E-state index in [0.29, 0.717) is 29.8 Å². The molecule has 4 rings (SSSR count). The number of piperidine rings is 4. The van der Waals surface area contributed by atoms with Gasteiger partial charge in [0.1, 0.15) is 0 Å². The molecule has 0 spiro atoms. The monoisotopic (exact) mass is 264 g/mol. The molecule has 4 aliphatic rings. The molecule has 106 valence electrons. The second-order valence-corrected chi connectivity index (χ2v) is 7.10. The highest BCUT2D eigenvalue weighted by Gasteiger charge is 2.55. The second-order valence-electron chi connectivity index (χ2n) is 7.10. The van der Waals surface area contributed by atoms with Gasteiger partial charge in [0.05, 0.1) is 19.1 Å². The van der Waals surface area contributed by atoms with Gasteiger partial charge in [0.2, 0.25) is 5.91 Å². The Kier molecular flexibility index (Phi) is 2.68. The van der Waals surface area contributed by atoms with E-state index in [2.05, 4.69) is 4.90 Å². The van der Waals surface area contributed by atoms with Crippen molar-refractivity contribution in [1.29, 1.82) is 0 Å². The van der Waals surface area contributed by atoms with Crippen molar-refractivity contribution in [3.63, 3.8) is 0 Å². The molecule has 4 saturated heterocycles. The van der Waals surface area contributed by atoms with Crippen molar-refractivity contribution in [3.8, 4) is 0 Å². The summed E-state index contributed by atoms with van der Waals surface area (Å²) in [4.78, 5) is 14.3. The third-order valence-corrected chi connectivity index (χ3v) is 6.19. The van der Waals surface area contributed by atoms with Crippen LogP contribution in [0.3, 0.4) is 0 Å². The largest absolute Gasteiger partial charge is 0.633 e. The van der Waals surface area contributed by atoms with E-state index in [-0.39, 0.29) is 4.65 Å². The van der Waals surface area contributed by atoms with Gasteiger partial charge >= 0.3 is 0 Å². The Labute approximate surface area is 114 Å². The van der Waals surface area contributed by atoms with E-state index in [0.717, 1.165) is 51.7 Å². The van der Waals surface area contributed by atoms with Crippen LogP contribution in [0.25, 0.3) is 0 Å². The van der Waals surface area contributed by atoms with Crippen LogP contribution in [0.15, 0.2) is 0 Å². The van der Waals surface area contributed by atoms with Gasteiger partial charge < -0.3 is 14.8 Å². The van der Waals surface area contributed by atoms with Crippen LogP contribution in [-0.2, 0) is 4.79 Å². The molecular formula is C15H24N2O2. The minimum atomic E-state index is 0.0772. The molecule has 0 aromatic rings. The predicted molar refractivity (Wildman–Crippen MR) is 71.9 cm³/mol. The normalized spacial score (nSPS) is 49.5. The van der Waals surface area contributed by atoms with E-state index < -0.39 is 0 Å². The molecule has 4 nitrogen and oxygen atoms in total. The summed E-state index contributed by atoms with van der Waals surface area (Å²) in [7, 11) is 0. The van der Waals surface area contributed by atoms with Crippen LogP contribution in [0.5, 0.6) is 0 Å². The molecule has 4 heteroatoms. The number of amides is 1. The average Bonchev–Trinajstić information content (AvgIpc) is 2.40. The van der Waals surface area contributed by atoms with Crippen molar-refractivity contribution in [2.75, 3.05) is 19.6 Å². The number of hydroxylamine groups is 3. The van der Waals surface area contributed by atoms with Crippen molar-refractivity contribution < 1.29 is 9.44 Å². The fourth-order valence-corrected chi connectivity index (χ4v) is 5.55. The Hall–Kier alpha value is -0.610. The molecule has 4 aliphatic heterocycles. The van der Waals surface area contributed by atoms with Crippen molar-refractivity contribution in [1.82, 2.24) is 4.90 Å². The number of carbonyl (C=O) groups excluding carboxylic acids is 1. The third kappa shape index (κ3) is 1.69. The summed E-state index contributed by atoms with van der Waals surface area (Å²) in [5.74, 6) is 1.33. The van der Waals surface area contributed by atoms with Crippen molar-refractivity contribution in [2.24, 2.45) is 11.8 Å². The highest BCUT2D eigenvalue weighted by atomic mass is 16.5. The lowest BCUT2D eigenvalue weighted by Crippen LogP contribution is -2.71. The quantitative estimate of drug-likeness (QED) is 0.495. The van der Waals surface area contributed by atoms with Crippen LogP contribution in [0.1, 0.15) is 44.9 Å². The lowest BCUT2D eigenvalue weighted by Gasteiger charge is -2.64. The summed E-state index contributed by atoms with van der Waals surface area (Å²) >= 11 is 0. The van der Waals surface area contributed by atoms with Gasteiger partial charge in [-0.15, -0.1) is 0 Å². The van der Waals surface area contributed by atoms with E-state index in [4.69, 9.17) is 0 Å². The molecule has 19 heavy (non-hydrogen) atoms. The van der Waals surface area contributed by atoms with Gasteiger partial charge in [-0.1, -0.05) is 0 Å². The molecule has 0 bridgehead atoms. The number of quaternary nitrogens is 1. The van der Waals surface area contributed by atoms with Gasteiger partial charge in [0, 0.05) is 30.8 Å². The maximum Gasteiger partial charge on any atom is 0.222 e. The van der Waals surface area contributed by atoms with Gasteiger partial charge in [-0.3, -0.25) is 4.79 Å². The van der Waals surface area contributed by atoms with Crippen molar-refractivity contribution in [3.05, 3.63) is 5.21 Å². The summed E-state index contributed by atoms with van der Waals surface area (Å²) < 4.78 is 0.0772. The number of hydrogen-bond donors (Lipinski definition) is 0. The lowest BCUT2D eigenvalue weighted by molar-refractivity contribution is -0.925. The fraction of sp³-hybridized carbons (Fsp3) is 0.933. The number of carbonyl (C=O) groups is 1. The standard InChI is InChI=1S/C15H24N2O2/c18-14-7-1-6-13-12-5-3-9-17(19)8-2-4-11(15(12)17)10-16(13)14/h11-13,15H,1-10H2/t11-,12-,13+,15+,17?/m1/s1. The summed E-state index contributed by atoms with van der Waals surface area (Å²) in [6.07, 6.45) is 7.38. The SMILES string of the molecule is O=C1CCC[C@H]2[C@H]3CCC[N+]4([O-])CCC[C@H](CN12)[C@@H]34. The van der Waals surface area contributed by atoms with Gasteiger partial charge in [-0.2, -0.15) is 0 Å². The lowest BCUT2D eigenvalue weighted by atomic mass is 9.67. The summed E-state index contributed by atoms with van der Waals surface area (Å²) in [6.45, 7) is 2.55. The van der Waals surface area contributed by atoms with E-state index in [1.165, 1.54) is 12.8 Å². The molecule has 4 fully saturated rings. The van der Waals surface area contributed by atoms with E-state index in [1.54, 1.807) is 0 Å². The van der Waals surface area contributed by atoms with Crippen LogP contribution in [0.2, 0.25) is 0 Å². The van der Waals surface area contributed by atoms with Gasteiger partial charge in [-0.05, 0) is 38.5 Å². The Morgan fingerprint density at radius 2 is 1.89 bits per heavy atom. The van der Waals surface area contributed by atoms with E-state index >= 15 is 0 Å². The Bertz CT molecular complexity index is 396. The Morgan fingerprint density at radius 1 is 1.11 bits per heavy atom. The number of rotatable bonds is 0. The molecule has 4 heterocycles. The third-order valence-electron chi connectivity index (χ3n) is 6.19. The molecule has 1 unspecified atom stereocenters. The zero-order valence-corrected chi connectivity index (χ0v) is 11.6. The number of hydrogen-bond acceptors (Lipinski definition) is 2. The van der Waals surface area contributed by atoms with Crippen LogP contribution in [0, 0.1) is 17.0 Å². The maximum atomic E-state index is 13.1. The molecule has 5 atom stereocenters. The average molecular weight is 264 g/mol. The van der Waals surface area contributed by atoms with Crippen LogP contribution >= 0.6 is 0 Å². The molecular weight excluding hydrogens is 240 g/mol. The summed E-state index contributed by atoms with van der Waals surface area (Å²) in [5, 5.41) is 13.1. The van der Waals surface area contributed by atoms with Crippen LogP contribution in [-0.4, -0.2) is 47.2 Å². The highest BCUT2D eigenvalue weighted by molar-refractivity contribution is 5.77. The number of fused-ring (bicyclic) bond motifs is 2. The summed E-state index contributed by atoms with van der Waals surface area (Å²) in [6, 6.07) is 0.710. The first-order chi connectivity index (χ1) is 9.19. The van der Waals surface area contributed by atoms with Gasteiger partial charge in [0.25, 0.3) is 0 Å². The fourth-order valence-electron chi connectivity index (χ4n) is 5.55. The minimum Gasteiger partial charge on any atom is -0.633 e. The highest BCUT2D eigenvalue weighted by Crippen LogP contribution is 2.47. The molecule has 1 amide bonds. The number of nitrogens with zero attached hydrogens (tertiary/aromatic N) is 2. The van der Waals surface area contributed by atoms with Gasteiger partial charge in [-0.25, -0.2) is 0 Å². The zero-order chi connectivity index (χ0) is 13.0. The molecule has 0 N–H and O–H groups in total. The predicted octanol–water partition coefficient (Wildman–Crippen LogP) is 1.88. The first-order valence-corrected chi connectivity index (χ1v) is 8.06. The Morgan fingerprint density at radius 3 is 2.74 bits per heavy atom. The molecule has 0 aromatic carbocycles. The topological polar surface area (TPSA) is 43.4 Å². The summed E-state index contributed by atoms with van der Waals surface area (Å²) in [5.41, 5.74) is 0. The first-order valence-electron chi connectivity index (χ1n) is 8.06. The molecule has 0 aromatic heterocycles. The van der Waals surface area contributed by atoms with E-state index in [9.17, 15) is 10.0 Å².